The number of carbonyl (C=O) groups is 1. The van der Waals surface area contributed by atoms with E-state index in [1.165, 1.54) is 12.1 Å². The first-order valence-electron chi connectivity index (χ1n) is 8.15. The Balaban J connectivity index is 2.15. The first-order chi connectivity index (χ1) is 12.7. The van der Waals surface area contributed by atoms with Crippen LogP contribution in [0.2, 0.25) is 10.0 Å². The smallest absolute Gasteiger partial charge is 0.234 e. The number of amides is 1. The minimum absolute atomic E-state index is 0.103. The van der Waals surface area contributed by atoms with Crippen molar-refractivity contribution in [2.75, 3.05) is 26.4 Å². The molecular formula is C18H21Cl2FN4O2. The number of hydrogen-bond donors (Lipinski definition) is 2. The summed E-state index contributed by atoms with van der Waals surface area (Å²) < 4.78 is 19.6. The Hall–Kier alpha value is -2.09. The van der Waals surface area contributed by atoms with Crippen LogP contribution in [0.3, 0.4) is 0 Å². The van der Waals surface area contributed by atoms with Gasteiger partial charge in [-0.1, -0.05) is 23.2 Å². The van der Waals surface area contributed by atoms with Crippen molar-refractivity contribution in [1.82, 2.24) is 15.2 Å². The number of nitrogens with one attached hydrogen (secondary N) is 1. The number of anilines is 1. The Kier molecular flexibility index (Phi) is 7.24. The summed E-state index contributed by atoms with van der Waals surface area (Å²) in [5.41, 5.74) is 6.90. The van der Waals surface area contributed by atoms with Gasteiger partial charge in [0.15, 0.2) is 11.6 Å². The van der Waals surface area contributed by atoms with Crippen LogP contribution >= 0.6 is 23.2 Å². The van der Waals surface area contributed by atoms with Crippen molar-refractivity contribution in [1.29, 1.82) is 0 Å². The SMILES string of the molecule is CC(Oc1cc(CNC(=O)CN(C)C)cnc1N)c1c(Cl)ccc(F)c1Cl. The van der Waals surface area contributed by atoms with Crippen LogP contribution in [-0.4, -0.2) is 36.4 Å². The molecule has 0 aliphatic rings. The predicted molar refractivity (Wildman–Crippen MR) is 105 cm³/mol. The Labute approximate surface area is 167 Å². The summed E-state index contributed by atoms with van der Waals surface area (Å²) in [6.45, 7) is 2.23. The second-order valence-corrected chi connectivity index (χ2v) is 7.04. The lowest BCUT2D eigenvalue weighted by atomic mass is 10.1. The summed E-state index contributed by atoms with van der Waals surface area (Å²) in [5.74, 6) is -0.256. The van der Waals surface area contributed by atoms with Crippen molar-refractivity contribution in [3.8, 4) is 5.75 Å². The molecular weight excluding hydrogens is 394 g/mol. The second-order valence-electron chi connectivity index (χ2n) is 6.26. The van der Waals surface area contributed by atoms with E-state index in [1.54, 1.807) is 38.2 Å². The van der Waals surface area contributed by atoms with Gasteiger partial charge in [-0.2, -0.15) is 0 Å². The van der Waals surface area contributed by atoms with Crippen molar-refractivity contribution >= 4 is 34.9 Å². The molecule has 1 amide bonds. The number of hydrogen-bond acceptors (Lipinski definition) is 5. The van der Waals surface area contributed by atoms with E-state index >= 15 is 0 Å². The molecule has 0 bridgehead atoms. The molecule has 2 aromatic rings. The van der Waals surface area contributed by atoms with Crippen LogP contribution in [0.15, 0.2) is 24.4 Å². The van der Waals surface area contributed by atoms with Crippen molar-refractivity contribution in [2.24, 2.45) is 0 Å². The molecule has 6 nitrogen and oxygen atoms in total. The number of carbonyl (C=O) groups excluding carboxylic acids is 1. The summed E-state index contributed by atoms with van der Waals surface area (Å²) in [4.78, 5) is 17.6. The lowest BCUT2D eigenvalue weighted by Crippen LogP contribution is -2.32. The number of pyridine rings is 1. The molecule has 0 radical (unpaired) electrons. The van der Waals surface area contributed by atoms with Crippen molar-refractivity contribution in [2.45, 2.75) is 19.6 Å². The topological polar surface area (TPSA) is 80.5 Å². The molecule has 146 valence electrons. The van der Waals surface area contributed by atoms with Crippen molar-refractivity contribution in [3.63, 3.8) is 0 Å². The van der Waals surface area contributed by atoms with Gasteiger partial charge in [-0.25, -0.2) is 9.37 Å². The summed E-state index contributed by atoms with van der Waals surface area (Å²) in [5, 5.41) is 2.96. The third kappa shape index (κ3) is 5.69. The van der Waals surface area contributed by atoms with E-state index in [0.717, 1.165) is 0 Å². The number of benzene rings is 1. The zero-order chi connectivity index (χ0) is 20.1. The van der Waals surface area contributed by atoms with Crippen LogP contribution in [-0.2, 0) is 11.3 Å². The third-order valence-electron chi connectivity index (χ3n) is 3.68. The highest BCUT2D eigenvalue weighted by Crippen LogP contribution is 2.35. The van der Waals surface area contributed by atoms with Gasteiger partial charge in [0.1, 0.15) is 11.9 Å². The Morgan fingerprint density at radius 2 is 2.11 bits per heavy atom. The van der Waals surface area contributed by atoms with Crippen LogP contribution in [0.4, 0.5) is 10.2 Å². The molecule has 1 aromatic carbocycles. The molecule has 0 saturated heterocycles. The first kappa shape index (κ1) is 21.2. The lowest BCUT2D eigenvalue weighted by molar-refractivity contribution is -0.121. The van der Waals surface area contributed by atoms with E-state index in [2.05, 4.69) is 10.3 Å². The summed E-state index contributed by atoms with van der Waals surface area (Å²) in [6, 6.07) is 4.26. The molecule has 3 N–H and O–H groups in total. The predicted octanol–water partition coefficient (Wildman–Crippen LogP) is 3.43. The molecule has 0 fully saturated rings. The number of ether oxygens (including phenoxy) is 1. The molecule has 0 aliphatic carbocycles. The first-order valence-corrected chi connectivity index (χ1v) is 8.90. The van der Waals surface area contributed by atoms with E-state index in [1.807, 2.05) is 0 Å². The monoisotopic (exact) mass is 414 g/mol. The number of nitrogens with zero attached hydrogens (tertiary/aromatic N) is 2. The zero-order valence-corrected chi connectivity index (χ0v) is 16.7. The van der Waals surface area contributed by atoms with Crippen LogP contribution in [0.1, 0.15) is 24.2 Å². The maximum atomic E-state index is 13.7. The molecule has 1 atom stereocenters. The van der Waals surface area contributed by atoms with Crippen LogP contribution < -0.4 is 15.8 Å². The highest BCUT2D eigenvalue weighted by Gasteiger charge is 2.20. The number of nitrogens with two attached hydrogens (primary N) is 1. The Morgan fingerprint density at radius 1 is 1.41 bits per heavy atom. The fraction of sp³-hybridized carbons (Fsp3) is 0.333. The molecule has 1 aromatic heterocycles. The Morgan fingerprint density at radius 3 is 2.78 bits per heavy atom. The van der Waals surface area contributed by atoms with Gasteiger partial charge in [0.05, 0.1) is 11.6 Å². The molecule has 0 aliphatic heterocycles. The van der Waals surface area contributed by atoms with E-state index < -0.39 is 11.9 Å². The third-order valence-corrected chi connectivity index (χ3v) is 4.39. The molecule has 0 saturated carbocycles. The molecule has 9 heteroatoms. The van der Waals surface area contributed by atoms with E-state index in [4.69, 9.17) is 33.7 Å². The van der Waals surface area contributed by atoms with Gasteiger partial charge in [-0.05, 0) is 44.8 Å². The van der Waals surface area contributed by atoms with Gasteiger partial charge >= 0.3 is 0 Å². The van der Waals surface area contributed by atoms with Crippen molar-refractivity contribution in [3.05, 3.63) is 51.4 Å². The van der Waals surface area contributed by atoms with Gasteiger partial charge in [0.2, 0.25) is 5.91 Å². The summed E-state index contributed by atoms with van der Waals surface area (Å²) >= 11 is 12.1. The maximum absolute atomic E-state index is 13.7. The van der Waals surface area contributed by atoms with E-state index in [9.17, 15) is 9.18 Å². The van der Waals surface area contributed by atoms with Crippen LogP contribution in [0.5, 0.6) is 5.75 Å². The molecule has 27 heavy (non-hydrogen) atoms. The molecule has 0 spiro atoms. The van der Waals surface area contributed by atoms with Gasteiger partial charge in [-0.3, -0.25) is 4.79 Å². The zero-order valence-electron chi connectivity index (χ0n) is 15.2. The second kappa shape index (κ2) is 9.21. The van der Waals surface area contributed by atoms with Gasteiger partial charge in [0.25, 0.3) is 0 Å². The van der Waals surface area contributed by atoms with Crippen molar-refractivity contribution < 1.29 is 13.9 Å². The standard InChI is InChI=1S/C18H21Cl2FN4O2/c1-10(16-12(19)4-5-13(21)17(16)20)27-14-6-11(8-24-18(14)22)7-23-15(26)9-25(2)3/h4-6,8,10H,7,9H2,1-3H3,(H2,22,24)(H,23,26). The molecule has 2 rings (SSSR count). The maximum Gasteiger partial charge on any atom is 0.234 e. The van der Waals surface area contributed by atoms with Crippen LogP contribution in [0, 0.1) is 5.82 Å². The normalized spacial score (nSPS) is 12.1. The quantitative estimate of drug-likeness (QED) is 0.678. The summed E-state index contributed by atoms with van der Waals surface area (Å²) in [7, 11) is 3.61. The number of aromatic nitrogens is 1. The van der Waals surface area contributed by atoms with Gasteiger partial charge < -0.3 is 20.7 Å². The van der Waals surface area contributed by atoms with E-state index in [-0.39, 0.29) is 34.9 Å². The average Bonchev–Trinajstić information content (AvgIpc) is 2.58. The molecule has 1 unspecified atom stereocenters. The average molecular weight is 415 g/mol. The fourth-order valence-corrected chi connectivity index (χ4v) is 3.07. The number of likely N-dealkylation sites (N-methyl/N-ethyl adjacent to an activating group) is 1. The number of halogens is 3. The summed E-state index contributed by atoms with van der Waals surface area (Å²) in [6.07, 6.45) is 0.883. The highest BCUT2D eigenvalue weighted by molar-refractivity contribution is 6.36. The van der Waals surface area contributed by atoms with E-state index in [0.29, 0.717) is 16.9 Å². The highest BCUT2D eigenvalue weighted by atomic mass is 35.5. The minimum atomic E-state index is -0.664. The molecule has 1 heterocycles. The van der Waals surface area contributed by atoms with Gasteiger partial charge in [0, 0.05) is 23.3 Å². The fourth-order valence-electron chi connectivity index (χ4n) is 2.40. The lowest BCUT2D eigenvalue weighted by Gasteiger charge is -2.19. The number of nitrogen functional groups attached to an aromatic ring is 1. The van der Waals surface area contributed by atoms with Gasteiger partial charge in [-0.15, -0.1) is 0 Å². The Bertz CT molecular complexity index is 833. The minimum Gasteiger partial charge on any atom is -0.482 e. The van der Waals surface area contributed by atoms with Crippen LogP contribution in [0.25, 0.3) is 0 Å². The largest absolute Gasteiger partial charge is 0.482 e. The number of rotatable bonds is 7.